The van der Waals surface area contributed by atoms with Gasteiger partial charge in [0.25, 0.3) is 0 Å². The number of amides is 2. The lowest BCUT2D eigenvalue weighted by Crippen LogP contribution is -2.44. The molecule has 1 unspecified atom stereocenters. The number of nitrogens with two attached hydrogens (primary N) is 1. The summed E-state index contributed by atoms with van der Waals surface area (Å²) in [5.74, 6) is -2.34. The number of hydrazine groups is 1. The van der Waals surface area contributed by atoms with Gasteiger partial charge in [-0.25, -0.2) is 9.45 Å². The molecule has 12 heteroatoms. The van der Waals surface area contributed by atoms with E-state index in [2.05, 4.69) is 22.4 Å². The molecule has 0 aromatic heterocycles. The van der Waals surface area contributed by atoms with Gasteiger partial charge < -0.3 is 15.7 Å². The average molecular weight is 475 g/mol. The molecule has 0 spiro atoms. The minimum Gasteiger partial charge on any atom is -0.388 e. The van der Waals surface area contributed by atoms with Gasteiger partial charge >= 0.3 is 0 Å². The Labute approximate surface area is 191 Å². The molecular weight excluding hydrogens is 443 g/mol. The smallest absolute Gasteiger partial charge is 0.243 e. The van der Waals surface area contributed by atoms with Crippen molar-refractivity contribution >= 4 is 29.2 Å². The van der Waals surface area contributed by atoms with Gasteiger partial charge in [0.05, 0.1) is 23.8 Å². The number of nitrogens with one attached hydrogen (secondary N) is 2. The standard InChI is InChI=1S/C20H32ClFN6O4/c1-13(27-8-7-20(2,31)11-27)16(22)17(24-19(21)23)25-26-18(30)15(10-28(32)12-29)9-14-5-3-4-6-14/h12,14-15,25,31-32H,1,3-11H2,2H3,(H2,23,24)(H,26,30)/b17-16-/t15-,20?/m1/s1. The van der Waals surface area contributed by atoms with E-state index in [0.29, 0.717) is 30.4 Å². The Morgan fingerprint density at radius 2 is 2.12 bits per heavy atom. The van der Waals surface area contributed by atoms with E-state index in [4.69, 9.17) is 17.3 Å². The minimum atomic E-state index is -0.970. The molecule has 6 N–H and O–H groups in total. The Balaban J connectivity index is 2.11. The van der Waals surface area contributed by atoms with E-state index in [1.165, 1.54) is 0 Å². The van der Waals surface area contributed by atoms with Gasteiger partial charge in [-0.2, -0.15) is 4.99 Å². The molecule has 1 saturated carbocycles. The Morgan fingerprint density at radius 1 is 1.47 bits per heavy atom. The molecule has 2 amide bonds. The van der Waals surface area contributed by atoms with Crippen molar-refractivity contribution in [2.24, 2.45) is 22.6 Å². The van der Waals surface area contributed by atoms with Crippen molar-refractivity contribution in [2.75, 3.05) is 19.6 Å². The summed E-state index contributed by atoms with van der Waals surface area (Å²) < 4.78 is 15.1. The van der Waals surface area contributed by atoms with Crippen molar-refractivity contribution in [3.8, 4) is 0 Å². The van der Waals surface area contributed by atoms with Gasteiger partial charge in [0.15, 0.2) is 16.9 Å². The molecule has 1 aliphatic heterocycles. The van der Waals surface area contributed by atoms with Crippen molar-refractivity contribution in [1.82, 2.24) is 20.8 Å². The summed E-state index contributed by atoms with van der Waals surface area (Å²) in [6, 6.07) is 0. The summed E-state index contributed by atoms with van der Waals surface area (Å²) in [4.78, 5) is 28.8. The first-order valence-electron chi connectivity index (χ1n) is 10.5. The fourth-order valence-corrected chi connectivity index (χ4v) is 4.18. The summed E-state index contributed by atoms with van der Waals surface area (Å²) in [5.41, 5.74) is 9.12. The summed E-state index contributed by atoms with van der Waals surface area (Å²) in [5, 5.41) is 19.6. The average Bonchev–Trinajstić information content (AvgIpc) is 3.37. The molecule has 0 aromatic carbocycles. The maximum atomic E-state index is 15.1. The molecule has 1 aliphatic carbocycles. The predicted molar refractivity (Wildman–Crippen MR) is 117 cm³/mol. The van der Waals surface area contributed by atoms with Gasteiger partial charge in [-0.3, -0.25) is 25.6 Å². The second kappa shape index (κ2) is 11.5. The highest BCUT2D eigenvalue weighted by atomic mass is 35.5. The third kappa shape index (κ3) is 7.64. The fourth-order valence-electron chi connectivity index (χ4n) is 4.09. The van der Waals surface area contributed by atoms with E-state index in [-0.39, 0.29) is 25.2 Å². The van der Waals surface area contributed by atoms with E-state index in [0.717, 1.165) is 25.7 Å². The number of halogens is 2. The van der Waals surface area contributed by atoms with Crippen molar-refractivity contribution in [3.05, 3.63) is 23.9 Å². The second-order valence-corrected chi connectivity index (χ2v) is 9.02. The van der Waals surface area contributed by atoms with Gasteiger partial charge in [-0.05, 0) is 37.3 Å². The number of nitrogens with zero attached hydrogens (tertiary/aromatic N) is 3. The molecular formula is C20H32ClFN6O4. The van der Waals surface area contributed by atoms with Crippen LogP contribution in [-0.4, -0.2) is 63.1 Å². The summed E-state index contributed by atoms with van der Waals surface area (Å²) in [6.07, 6.45) is 5.21. The van der Waals surface area contributed by atoms with Crippen LogP contribution >= 0.6 is 11.6 Å². The van der Waals surface area contributed by atoms with Gasteiger partial charge in [0.1, 0.15) is 0 Å². The van der Waals surface area contributed by atoms with Gasteiger partial charge in [-0.1, -0.05) is 32.3 Å². The second-order valence-electron chi connectivity index (χ2n) is 8.64. The van der Waals surface area contributed by atoms with E-state index < -0.39 is 34.4 Å². The van der Waals surface area contributed by atoms with Crippen LogP contribution in [0.25, 0.3) is 0 Å². The topological polar surface area (TPSA) is 144 Å². The zero-order chi connectivity index (χ0) is 23.9. The Bertz CT molecular complexity index is 765. The van der Waals surface area contributed by atoms with Crippen LogP contribution in [-0.2, 0) is 9.59 Å². The molecule has 1 heterocycles. The highest BCUT2D eigenvalue weighted by molar-refractivity contribution is 6.64. The van der Waals surface area contributed by atoms with Crippen LogP contribution in [0.5, 0.6) is 0 Å². The first-order chi connectivity index (χ1) is 15.0. The quantitative estimate of drug-likeness (QED) is 0.0577. The lowest BCUT2D eigenvalue weighted by Gasteiger charge is -2.24. The van der Waals surface area contributed by atoms with Crippen LogP contribution in [0.4, 0.5) is 4.39 Å². The molecule has 32 heavy (non-hydrogen) atoms. The number of carbonyl (C=O) groups is 2. The molecule has 0 aromatic rings. The summed E-state index contributed by atoms with van der Waals surface area (Å²) >= 11 is 5.62. The highest BCUT2D eigenvalue weighted by Gasteiger charge is 2.33. The molecule has 0 bridgehead atoms. The van der Waals surface area contributed by atoms with Crippen LogP contribution < -0.4 is 16.6 Å². The van der Waals surface area contributed by atoms with Gasteiger partial charge in [0, 0.05) is 13.1 Å². The van der Waals surface area contributed by atoms with Gasteiger partial charge in [-0.15, -0.1) is 0 Å². The minimum absolute atomic E-state index is 0.0498. The summed E-state index contributed by atoms with van der Waals surface area (Å²) in [6.45, 7) is 5.72. The number of rotatable bonds is 11. The van der Waals surface area contributed by atoms with Crippen molar-refractivity contribution in [1.29, 1.82) is 0 Å². The maximum Gasteiger partial charge on any atom is 0.243 e. The van der Waals surface area contributed by atoms with Crippen molar-refractivity contribution < 1.29 is 24.3 Å². The zero-order valence-corrected chi connectivity index (χ0v) is 18.9. The van der Waals surface area contributed by atoms with Crippen molar-refractivity contribution in [3.63, 3.8) is 0 Å². The van der Waals surface area contributed by atoms with E-state index in [1.54, 1.807) is 11.8 Å². The predicted octanol–water partition coefficient (Wildman–Crippen LogP) is 1.31. The Kier molecular flexibility index (Phi) is 9.29. The lowest BCUT2D eigenvalue weighted by atomic mass is 9.92. The largest absolute Gasteiger partial charge is 0.388 e. The summed E-state index contributed by atoms with van der Waals surface area (Å²) in [7, 11) is 0. The van der Waals surface area contributed by atoms with E-state index >= 15 is 4.39 Å². The SMILES string of the molecule is C=C(/C(F)=C(\N=C(/N)Cl)NNC(=O)[C@H](CC1CCCC1)CN(O)C=O)N1CCC(C)(O)C1. The molecule has 180 valence electrons. The Hall–Kier alpha value is -2.37. The lowest BCUT2D eigenvalue weighted by molar-refractivity contribution is -0.155. The third-order valence-corrected chi connectivity index (χ3v) is 5.89. The number of carbonyl (C=O) groups excluding carboxylic acids is 2. The number of amidine groups is 1. The highest BCUT2D eigenvalue weighted by Crippen LogP contribution is 2.31. The van der Waals surface area contributed by atoms with Crippen LogP contribution in [0.3, 0.4) is 0 Å². The molecule has 2 rings (SSSR count). The molecule has 2 fully saturated rings. The van der Waals surface area contributed by atoms with E-state index in [9.17, 15) is 19.9 Å². The maximum absolute atomic E-state index is 15.1. The number of hydrogen-bond acceptors (Lipinski definition) is 7. The first kappa shape index (κ1) is 25.9. The van der Waals surface area contributed by atoms with Crippen LogP contribution in [0.15, 0.2) is 28.9 Å². The number of likely N-dealkylation sites (tertiary alicyclic amines) is 1. The van der Waals surface area contributed by atoms with E-state index in [1.807, 2.05) is 0 Å². The number of aliphatic hydroxyl groups is 1. The number of hydroxylamine groups is 2. The molecule has 0 radical (unpaired) electrons. The van der Waals surface area contributed by atoms with Crippen LogP contribution in [0.2, 0.25) is 0 Å². The van der Waals surface area contributed by atoms with Gasteiger partial charge in [0.2, 0.25) is 12.3 Å². The fraction of sp³-hybridized carbons (Fsp3) is 0.650. The molecule has 2 aliphatic rings. The van der Waals surface area contributed by atoms with Crippen molar-refractivity contribution in [2.45, 2.75) is 51.0 Å². The number of β-amino-alcohol motifs (C(OH)–C–C–N with tert-alkyl or cyclic N) is 1. The monoisotopic (exact) mass is 474 g/mol. The zero-order valence-electron chi connectivity index (χ0n) is 18.2. The number of aliphatic imine (C=N–C) groups is 1. The normalized spacial score (nSPS) is 23.5. The first-order valence-corrected chi connectivity index (χ1v) is 10.9. The molecule has 1 saturated heterocycles. The molecule has 2 atom stereocenters. The number of allylic oxidation sites excluding steroid dienone is 1. The molecule has 10 nitrogen and oxygen atoms in total. The van der Waals surface area contributed by atoms with Crippen LogP contribution in [0.1, 0.15) is 45.4 Å². The van der Waals surface area contributed by atoms with Crippen LogP contribution in [0, 0.1) is 11.8 Å². The Morgan fingerprint density at radius 3 is 2.66 bits per heavy atom. The third-order valence-electron chi connectivity index (χ3n) is 5.81. The number of hydrogen-bond donors (Lipinski definition) is 5.